The first-order valence-corrected chi connectivity index (χ1v) is 8.82. The van der Waals surface area contributed by atoms with Crippen molar-refractivity contribution in [3.63, 3.8) is 0 Å². The maximum Gasteiger partial charge on any atom is 0.292 e. The van der Waals surface area contributed by atoms with Gasteiger partial charge in [-0.15, -0.1) is 0 Å². The summed E-state index contributed by atoms with van der Waals surface area (Å²) in [5, 5.41) is 15.8. The molecule has 2 aliphatic rings. The number of rotatable bonds is 2. The fourth-order valence-electron chi connectivity index (χ4n) is 4.22. The number of allylic oxidation sites excluding steroid dienone is 2. The van der Waals surface area contributed by atoms with Crippen molar-refractivity contribution in [2.75, 3.05) is 5.32 Å². The summed E-state index contributed by atoms with van der Waals surface area (Å²) >= 11 is 6.03. The first-order chi connectivity index (χ1) is 12.0. The Morgan fingerprint density at radius 2 is 1.96 bits per heavy atom. The number of fused-ring (bicyclic) bond motifs is 3. The molecule has 0 bridgehead atoms. The molecule has 0 amide bonds. The molecule has 1 aliphatic carbocycles. The van der Waals surface area contributed by atoms with E-state index in [0.717, 1.165) is 28.7 Å². The molecule has 25 heavy (non-hydrogen) atoms. The molecule has 0 radical (unpaired) electrons. The molecule has 1 N–H and O–H groups in total. The van der Waals surface area contributed by atoms with Crippen molar-refractivity contribution in [1.82, 2.24) is 0 Å². The molecule has 5 heteroatoms. The van der Waals surface area contributed by atoms with E-state index in [1.807, 2.05) is 31.2 Å². The van der Waals surface area contributed by atoms with Crippen molar-refractivity contribution in [3.05, 3.63) is 79.9 Å². The highest BCUT2D eigenvalue weighted by molar-refractivity contribution is 6.30. The van der Waals surface area contributed by atoms with Gasteiger partial charge in [0.1, 0.15) is 5.69 Å². The van der Waals surface area contributed by atoms with Crippen LogP contribution in [0.25, 0.3) is 0 Å². The summed E-state index contributed by atoms with van der Waals surface area (Å²) < 4.78 is 0. The minimum absolute atomic E-state index is 0.0329. The van der Waals surface area contributed by atoms with Gasteiger partial charge in [0.15, 0.2) is 0 Å². The lowest BCUT2D eigenvalue weighted by atomic mass is 9.74. The lowest BCUT2D eigenvalue weighted by Gasteiger charge is -2.38. The zero-order valence-electron chi connectivity index (χ0n) is 14.1. The van der Waals surface area contributed by atoms with Gasteiger partial charge in [-0.2, -0.15) is 0 Å². The lowest BCUT2D eigenvalue weighted by Crippen LogP contribution is -2.30. The summed E-state index contributed by atoms with van der Waals surface area (Å²) in [4.78, 5) is 11.4. The average Bonchev–Trinajstić information content (AvgIpc) is 3.07. The molecular formula is C20H19ClN2O2. The number of benzene rings is 2. The van der Waals surface area contributed by atoms with Crippen LogP contribution in [0.3, 0.4) is 0 Å². The Labute approximate surface area is 151 Å². The number of nitro benzene ring substituents is 1. The van der Waals surface area contributed by atoms with Gasteiger partial charge in [-0.3, -0.25) is 10.1 Å². The van der Waals surface area contributed by atoms with E-state index in [1.54, 1.807) is 6.07 Å². The van der Waals surface area contributed by atoms with Crippen molar-refractivity contribution in [2.45, 2.75) is 32.2 Å². The normalized spacial score (nSPS) is 23.7. The van der Waals surface area contributed by atoms with Gasteiger partial charge in [-0.1, -0.05) is 35.9 Å². The Kier molecular flexibility index (Phi) is 3.80. The fraction of sp³-hybridized carbons (Fsp3) is 0.300. The van der Waals surface area contributed by atoms with Crippen molar-refractivity contribution in [2.24, 2.45) is 5.92 Å². The highest BCUT2D eigenvalue weighted by atomic mass is 35.5. The number of nitro groups is 1. The lowest BCUT2D eigenvalue weighted by molar-refractivity contribution is -0.384. The van der Waals surface area contributed by atoms with Gasteiger partial charge < -0.3 is 5.32 Å². The molecule has 4 nitrogen and oxygen atoms in total. The second-order valence-corrected chi connectivity index (χ2v) is 7.35. The van der Waals surface area contributed by atoms with E-state index in [4.69, 9.17) is 11.6 Å². The minimum Gasteiger partial charge on any atom is -0.372 e. The van der Waals surface area contributed by atoms with E-state index in [9.17, 15) is 10.1 Å². The zero-order chi connectivity index (χ0) is 17.7. The second-order valence-electron chi connectivity index (χ2n) is 6.91. The number of hydrogen-bond donors (Lipinski definition) is 1. The van der Waals surface area contributed by atoms with Crippen LogP contribution in [0, 0.1) is 29.9 Å². The molecule has 1 heterocycles. The maximum absolute atomic E-state index is 11.6. The third kappa shape index (κ3) is 2.52. The standard InChI is InChI=1S/C20H19ClN2O2/c1-11-10-17(23(24)25)20-18(12(11)2)15-4-3-5-16(15)19(22-20)13-6-8-14(21)9-7-13/h3-4,6-10,15-16,19,22H,5H2,1-2H3. The Hall–Kier alpha value is -2.33. The molecule has 0 saturated heterocycles. The van der Waals surface area contributed by atoms with Crippen LogP contribution in [0.1, 0.15) is 40.6 Å². The average molecular weight is 355 g/mol. The van der Waals surface area contributed by atoms with Gasteiger partial charge in [-0.25, -0.2) is 0 Å². The molecule has 3 atom stereocenters. The number of nitrogens with one attached hydrogen (secondary N) is 1. The SMILES string of the molecule is Cc1cc([N+](=O)[O-])c2c(c1C)C1C=CCC1C(c1ccc(Cl)cc1)N2. The van der Waals surface area contributed by atoms with Crippen LogP contribution >= 0.6 is 11.6 Å². The topological polar surface area (TPSA) is 55.2 Å². The van der Waals surface area contributed by atoms with Crippen LogP contribution in [0.4, 0.5) is 11.4 Å². The Morgan fingerprint density at radius 3 is 2.64 bits per heavy atom. The first-order valence-electron chi connectivity index (χ1n) is 8.44. The zero-order valence-corrected chi connectivity index (χ0v) is 14.9. The predicted octanol–water partition coefficient (Wildman–Crippen LogP) is 5.69. The van der Waals surface area contributed by atoms with Gasteiger partial charge in [0, 0.05) is 17.0 Å². The molecule has 2 aromatic carbocycles. The summed E-state index contributed by atoms with van der Waals surface area (Å²) in [6.45, 7) is 4.01. The van der Waals surface area contributed by atoms with Crippen LogP contribution in [0.15, 0.2) is 42.5 Å². The minimum atomic E-state index is -0.282. The smallest absolute Gasteiger partial charge is 0.292 e. The summed E-state index contributed by atoms with van der Waals surface area (Å²) in [5.74, 6) is 0.560. The van der Waals surface area contributed by atoms with Gasteiger partial charge in [-0.05, 0) is 60.6 Å². The predicted molar refractivity (Wildman–Crippen MR) is 100 cm³/mol. The molecule has 128 valence electrons. The summed E-state index contributed by atoms with van der Waals surface area (Å²) in [6, 6.07) is 9.48. The van der Waals surface area contributed by atoms with Crippen LogP contribution in [-0.4, -0.2) is 4.92 Å². The van der Waals surface area contributed by atoms with Crippen LogP contribution in [-0.2, 0) is 0 Å². The van der Waals surface area contributed by atoms with E-state index in [0.29, 0.717) is 16.6 Å². The molecule has 0 saturated carbocycles. The van der Waals surface area contributed by atoms with Gasteiger partial charge >= 0.3 is 0 Å². The molecule has 0 aromatic heterocycles. The largest absolute Gasteiger partial charge is 0.372 e. The number of hydrogen-bond acceptors (Lipinski definition) is 3. The quantitative estimate of drug-likeness (QED) is 0.428. The number of nitrogens with zero attached hydrogens (tertiary/aromatic N) is 1. The molecule has 1 aliphatic heterocycles. The van der Waals surface area contributed by atoms with E-state index >= 15 is 0 Å². The Bertz CT molecular complexity index is 890. The third-order valence-corrected chi connectivity index (χ3v) is 5.83. The molecule has 0 fully saturated rings. The summed E-state index contributed by atoms with van der Waals surface area (Å²) in [6.07, 6.45) is 5.37. The highest BCUT2D eigenvalue weighted by Gasteiger charge is 2.41. The van der Waals surface area contributed by atoms with E-state index in [-0.39, 0.29) is 22.6 Å². The van der Waals surface area contributed by atoms with Gasteiger partial charge in [0.05, 0.1) is 11.0 Å². The van der Waals surface area contributed by atoms with E-state index < -0.39 is 0 Å². The van der Waals surface area contributed by atoms with Crippen LogP contribution in [0.5, 0.6) is 0 Å². The second kappa shape index (κ2) is 5.88. The molecular weight excluding hydrogens is 336 g/mol. The maximum atomic E-state index is 11.6. The number of halogens is 1. The van der Waals surface area contributed by atoms with Crippen LogP contribution in [0.2, 0.25) is 5.02 Å². The highest BCUT2D eigenvalue weighted by Crippen LogP contribution is 2.53. The van der Waals surface area contributed by atoms with Crippen molar-refractivity contribution in [1.29, 1.82) is 0 Å². The van der Waals surface area contributed by atoms with Crippen molar-refractivity contribution >= 4 is 23.0 Å². The monoisotopic (exact) mass is 354 g/mol. The molecule has 4 rings (SSSR count). The third-order valence-electron chi connectivity index (χ3n) is 5.57. The van der Waals surface area contributed by atoms with Crippen molar-refractivity contribution < 1.29 is 4.92 Å². The van der Waals surface area contributed by atoms with E-state index in [1.165, 1.54) is 0 Å². The number of anilines is 1. The Morgan fingerprint density at radius 1 is 1.24 bits per heavy atom. The molecule has 3 unspecified atom stereocenters. The number of aryl methyl sites for hydroxylation is 1. The summed E-state index contributed by atoms with van der Waals surface area (Å²) in [5.41, 5.74) is 5.13. The van der Waals surface area contributed by atoms with Gasteiger partial charge in [0.25, 0.3) is 5.69 Å². The molecule has 2 aromatic rings. The first kappa shape index (κ1) is 16.2. The van der Waals surface area contributed by atoms with Crippen molar-refractivity contribution in [3.8, 4) is 0 Å². The van der Waals surface area contributed by atoms with Gasteiger partial charge in [0.2, 0.25) is 0 Å². The fourth-order valence-corrected chi connectivity index (χ4v) is 4.35. The van der Waals surface area contributed by atoms with Crippen LogP contribution < -0.4 is 5.32 Å². The van der Waals surface area contributed by atoms with E-state index in [2.05, 4.69) is 24.4 Å². The molecule has 0 spiro atoms. The summed E-state index contributed by atoms with van der Waals surface area (Å²) in [7, 11) is 0. The Balaban J connectivity index is 1.90.